The summed E-state index contributed by atoms with van der Waals surface area (Å²) in [5.41, 5.74) is 3.70. The van der Waals surface area contributed by atoms with E-state index < -0.39 is 5.41 Å². The van der Waals surface area contributed by atoms with Gasteiger partial charge >= 0.3 is 0 Å². The number of unbranched alkanes of at least 4 members (excludes halogenated alkanes) is 1. The number of aryl methyl sites for hydroxylation is 1. The molecule has 182 valence electrons. The topological polar surface area (TPSA) is 42.2 Å². The summed E-state index contributed by atoms with van der Waals surface area (Å²) >= 11 is 0. The molecule has 0 heterocycles. The number of nitrogens with zero attached hydrogens (tertiary/aromatic N) is 1. The molecule has 2 aromatic rings. The van der Waals surface area contributed by atoms with Crippen molar-refractivity contribution < 1.29 is 9.47 Å². The fourth-order valence-corrected chi connectivity index (χ4v) is 4.47. The molecule has 0 aromatic heterocycles. The Hall–Kier alpha value is -2.47. The van der Waals surface area contributed by atoms with Crippen molar-refractivity contribution >= 4 is 0 Å². The van der Waals surface area contributed by atoms with Crippen LogP contribution in [0, 0.1) is 23.2 Å². The van der Waals surface area contributed by atoms with E-state index in [0.29, 0.717) is 11.5 Å². The van der Waals surface area contributed by atoms with Gasteiger partial charge in [0, 0.05) is 0 Å². The fourth-order valence-electron chi connectivity index (χ4n) is 4.47. The van der Waals surface area contributed by atoms with Crippen LogP contribution in [0.4, 0.5) is 0 Å². The zero-order valence-electron chi connectivity index (χ0n) is 22.2. The molecule has 0 saturated carbocycles. The average Bonchev–Trinajstić information content (AvgIpc) is 2.86. The van der Waals surface area contributed by atoms with Crippen LogP contribution in [0.25, 0.3) is 0 Å². The lowest BCUT2D eigenvalue weighted by Gasteiger charge is -2.31. The number of hydrogen-bond donors (Lipinski definition) is 0. The molecule has 3 nitrogen and oxygen atoms in total. The molecular formula is C30H45NO2. The van der Waals surface area contributed by atoms with E-state index in [1.807, 2.05) is 32.0 Å². The van der Waals surface area contributed by atoms with Crippen LogP contribution in [0.3, 0.4) is 0 Å². The Kier molecular flexibility index (Phi) is 12.7. The third-order valence-corrected chi connectivity index (χ3v) is 6.60. The Morgan fingerprint density at radius 1 is 1.03 bits per heavy atom. The number of hydrogen-bond acceptors (Lipinski definition) is 3. The Morgan fingerprint density at radius 3 is 2.21 bits per heavy atom. The van der Waals surface area contributed by atoms with Crippen LogP contribution in [0.2, 0.25) is 0 Å². The molecule has 3 rings (SSSR count). The summed E-state index contributed by atoms with van der Waals surface area (Å²) < 4.78 is 10.6. The summed E-state index contributed by atoms with van der Waals surface area (Å²) in [4.78, 5) is 0. The Labute approximate surface area is 203 Å². The summed E-state index contributed by atoms with van der Waals surface area (Å²) in [5, 5.41) is 9.80. The number of fused-ring (bicyclic) bond motifs is 1. The fraction of sp³-hybridized carbons (Fsp3) is 0.567. The van der Waals surface area contributed by atoms with Crippen LogP contribution in [0.15, 0.2) is 42.5 Å². The first-order valence-corrected chi connectivity index (χ1v) is 12.6. The van der Waals surface area contributed by atoms with Gasteiger partial charge in [0.15, 0.2) is 11.5 Å². The number of benzene rings is 2. The molecule has 3 heteroatoms. The molecule has 0 bridgehead atoms. The highest BCUT2D eigenvalue weighted by Gasteiger charge is 2.36. The summed E-state index contributed by atoms with van der Waals surface area (Å²) in [7, 11) is 3.24. The Balaban J connectivity index is 0.000000349. The van der Waals surface area contributed by atoms with Crippen molar-refractivity contribution in [2.75, 3.05) is 14.2 Å². The van der Waals surface area contributed by atoms with Gasteiger partial charge < -0.3 is 9.47 Å². The monoisotopic (exact) mass is 451 g/mol. The van der Waals surface area contributed by atoms with E-state index in [9.17, 15) is 5.26 Å². The zero-order chi connectivity index (χ0) is 24.9. The predicted molar refractivity (Wildman–Crippen MR) is 140 cm³/mol. The predicted octanol–water partition coefficient (Wildman–Crippen LogP) is 8.15. The second kappa shape index (κ2) is 14.6. The lowest BCUT2D eigenvalue weighted by atomic mass is 9.69. The molecule has 33 heavy (non-hydrogen) atoms. The molecular weight excluding hydrogens is 406 g/mol. The molecule has 2 atom stereocenters. The van der Waals surface area contributed by atoms with Crippen LogP contribution < -0.4 is 9.47 Å². The Morgan fingerprint density at radius 2 is 1.67 bits per heavy atom. The minimum Gasteiger partial charge on any atom is -0.493 e. The van der Waals surface area contributed by atoms with Crippen LogP contribution >= 0.6 is 0 Å². The van der Waals surface area contributed by atoms with Crippen molar-refractivity contribution in [2.24, 2.45) is 11.8 Å². The standard InChI is InChI=1S/C17H25NO2.C11H14.C2H6/c1-6-7-10-17(12-18,13(2)3)14-8-9-15(19-4)16(11-14)20-5;1-9-6-7-10-4-2-3-5-11(10)8-9;1-2/h8-9,11,13H,6-7,10H2,1-5H3;2-5,9H,6-8H2,1H3;1-2H3. The summed E-state index contributed by atoms with van der Waals surface area (Å²) in [6.07, 6.45) is 6.95. The van der Waals surface area contributed by atoms with Gasteiger partial charge in [-0.15, -0.1) is 0 Å². The van der Waals surface area contributed by atoms with Gasteiger partial charge in [-0.05, 0) is 66.3 Å². The molecule has 2 aromatic carbocycles. The third kappa shape index (κ3) is 7.53. The van der Waals surface area contributed by atoms with Gasteiger partial charge in [-0.3, -0.25) is 0 Å². The van der Waals surface area contributed by atoms with Crippen LogP contribution in [-0.4, -0.2) is 14.2 Å². The van der Waals surface area contributed by atoms with Gasteiger partial charge in [0.1, 0.15) is 0 Å². The van der Waals surface area contributed by atoms with Crippen molar-refractivity contribution in [3.05, 3.63) is 59.2 Å². The van der Waals surface area contributed by atoms with Crippen molar-refractivity contribution in [1.82, 2.24) is 0 Å². The van der Waals surface area contributed by atoms with Gasteiger partial charge in [-0.25, -0.2) is 0 Å². The van der Waals surface area contributed by atoms with E-state index in [4.69, 9.17) is 9.47 Å². The number of rotatable bonds is 7. The van der Waals surface area contributed by atoms with Crippen LogP contribution in [-0.2, 0) is 18.3 Å². The summed E-state index contributed by atoms with van der Waals surface area (Å²) in [6, 6.07) is 17.2. The first-order valence-electron chi connectivity index (χ1n) is 12.6. The molecule has 1 aliphatic rings. The molecule has 0 saturated heterocycles. The highest BCUT2D eigenvalue weighted by Crippen LogP contribution is 2.40. The van der Waals surface area contributed by atoms with E-state index in [1.54, 1.807) is 25.3 Å². The van der Waals surface area contributed by atoms with E-state index in [1.165, 1.54) is 19.3 Å². The van der Waals surface area contributed by atoms with E-state index >= 15 is 0 Å². The zero-order valence-corrected chi connectivity index (χ0v) is 22.2. The van der Waals surface area contributed by atoms with Crippen molar-refractivity contribution in [3.8, 4) is 17.6 Å². The van der Waals surface area contributed by atoms with Gasteiger partial charge in [0.05, 0.1) is 25.7 Å². The lowest BCUT2D eigenvalue weighted by Crippen LogP contribution is -2.30. The smallest absolute Gasteiger partial charge is 0.161 e. The molecule has 0 radical (unpaired) electrons. The SMILES string of the molecule is CC.CC1CCc2ccccc2C1.CCCCC(C#N)(c1ccc(OC)c(OC)c1)C(C)C. The van der Waals surface area contributed by atoms with Crippen molar-refractivity contribution in [3.63, 3.8) is 0 Å². The lowest BCUT2D eigenvalue weighted by molar-refractivity contribution is 0.341. The molecule has 2 unspecified atom stereocenters. The van der Waals surface area contributed by atoms with E-state index in [0.717, 1.165) is 30.7 Å². The summed E-state index contributed by atoms with van der Waals surface area (Å²) in [6.45, 7) is 12.7. The van der Waals surface area contributed by atoms with Crippen LogP contribution in [0.5, 0.6) is 11.5 Å². The number of ether oxygens (including phenoxy) is 2. The van der Waals surface area contributed by atoms with Gasteiger partial charge in [-0.1, -0.05) is 84.7 Å². The minimum atomic E-state index is -0.463. The highest BCUT2D eigenvalue weighted by molar-refractivity contribution is 5.47. The van der Waals surface area contributed by atoms with Crippen LogP contribution in [0.1, 0.15) is 83.9 Å². The second-order valence-corrected chi connectivity index (χ2v) is 9.03. The maximum absolute atomic E-state index is 9.80. The molecule has 0 fully saturated rings. The quantitative estimate of drug-likeness (QED) is 0.426. The van der Waals surface area contributed by atoms with E-state index in [-0.39, 0.29) is 5.92 Å². The number of methoxy groups -OCH3 is 2. The normalized spacial score (nSPS) is 16.1. The van der Waals surface area contributed by atoms with Gasteiger partial charge in [-0.2, -0.15) is 5.26 Å². The third-order valence-electron chi connectivity index (χ3n) is 6.60. The first kappa shape index (κ1) is 28.6. The Bertz CT molecular complexity index is 868. The van der Waals surface area contributed by atoms with Crippen molar-refractivity contribution in [1.29, 1.82) is 5.26 Å². The van der Waals surface area contributed by atoms with Gasteiger partial charge in [0.2, 0.25) is 0 Å². The van der Waals surface area contributed by atoms with Gasteiger partial charge in [0.25, 0.3) is 0 Å². The average molecular weight is 452 g/mol. The maximum atomic E-state index is 9.80. The summed E-state index contributed by atoms with van der Waals surface area (Å²) in [5.74, 6) is 2.52. The molecule has 1 aliphatic carbocycles. The second-order valence-electron chi connectivity index (χ2n) is 9.03. The van der Waals surface area contributed by atoms with Crippen molar-refractivity contribution in [2.45, 2.75) is 85.5 Å². The molecule has 0 N–H and O–H groups in total. The number of nitriles is 1. The maximum Gasteiger partial charge on any atom is 0.161 e. The largest absolute Gasteiger partial charge is 0.493 e. The van der Waals surface area contributed by atoms with E-state index in [2.05, 4.69) is 58.0 Å². The molecule has 0 aliphatic heterocycles. The molecule has 0 amide bonds. The first-order chi connectivity index (χ1) is 15.9. The molecule has 0 spiro atoms. The highest BCUT2D eigenvalue weighted by atomic mass is 16.5. The minimum absolute atomic E-state index is 0.247.